The van der Waals surface area contributed by atoms with Gasteiger partial charge in [-0.3, -0.25) is 9.69 Å². The van der Waals surface area contributed by atoms with E-state index in [0.29, 0.717) is 12.3 Å². The standard InChI is InChI=1S/C19H30N4O/c1-3-17(4-2)16-20-21-19(24)10-11-22-12-14-23(15-13-22)18-8-6-5-7-9-18/h5-9,16-17H,3-4,10-15H2,1-2H3,(H,21,24). The SMILES string of the molecule is CCC(C=NNC(=O)CCN1CCN(c2ccccc2)CC1)CC. The van der Waals surface area contributed by atoms with Crippen LogP contribution in [0.3, 0.4) is 0 Å². The summed E-state index contributed by atoms with van der Waals surface area (Å²) < 4.78 is 0. The molecule has 0 aromatic heterocycles. The smallest absolute Gasteiger partial charge is 0.241 e. The van der Waals surface area contributed by atoms with Gasteiger partial charge < -0.3 is 4.90 Å². The number of hydrogen-bond donors (Lipinski definition) is 1. The number of nitrogens with zero attached hydrogens (tertiary/aromatic N) is 3. The van der Waals surface area contributed by atoms with E-state index in [1.54, 1.807) is 0 Å². The lowest BCUT2D eigenvalue weighted by atomic mass is 10.1. The average Bonchev–Trinajstić information content (AvgIpc) is 2.65. The van der Waals surface area contributed by atoms with Crippen molar-refractivity contribution in [3.05, 3.63) is 30.3 Å². The van der Waals surface area contributed by atoms with Crippen molar-refractivity contribution in [1.82, 2.24) is 10.3 Å². The van der Waals surface area contributed by atoms with Gasteiger partial charge in [-0.15, -0.1) is 0 Å². The Morgan fingerprint density at radius 1 is 1.17 bits per heavy atom. The first kappa shape index (κ1) is 18.5. The number of hydrazone groups is 1. The van der Waals surface area contributed by atoms with Gasteiger partial charge in [-0.05, 0) is 30.9 Å². The summed E-state index contributed by atoms with van der Waals surface area (Å²) in [7, 11) is 0. The largest absolute Gasteiger partial charge is 0.369 e. The number of rotatable bonds is 8. The van der Waals surface area contributed by atoms with E-state index in [4.69, 9.17) is 0 Å². The third kappa shape index (κ3) is 5.96. The second-order valence-electron chi connectivity index (χ2n) is 6.30. The Kier molecular flexibility index (Phi) is 7.75. The lowest BCUT2D eigenvalue weighted by Gasteiger charge is -2.36. The maximum Gasteiger partial charge on any atom is 0.241 e. The zero-order valence-electron chi connectivity index (χ0n) is 14.9. The molecule has 0 unspecified atom stereocenters. The molecule has 1 fully saturated rings. The molecular weight excluding hydrogens is 300 g/mol. The van der Waals surface area contributed by atoms with E-state index >= 15 is 0 Å². The Hall–Kier alpha value is -1.88. The summed E-state index contributed by atoms with van der Waals surface area (Å²) >= 11 is 0. The zero-order chi connectivity index (χ0) is 17.2. The third-order valence-electron chi connectivity index (χ3n) is 4.67. The van der Waals surface area contributed by atoms with Crippen molar-refractivity contribution in [2.24, 2.45) is 11.0 Å². The van der Waals surface area contributed by atoms with Crippen molar-refractivity contribution in [2.75, 3.05) is 37.6 Å². The van der Waals surface area contributed by atoms with Crippen LogP contribution in [-0.2, 0) is 4.79 Å². The van der Waals surface area contributed by atoms with Crippen LogP contribution in [-0.4, -0.2) is 49.7 Å². The minimum absolute atomic E-state index is 0.00250. The number of nitrogens with one attached hydrogen (secondary N) is 1. The van der Waals surface area contributed by atoms with E-state index in [0.717, 1.165) is 45.6 Å². The average molecular weight is 330 g/mol. The fourth-order valence-corrected chi connectivity index (χ4v) is 2.90. The summed E-state index contributed by atoms with van der Waals surface area (Å²) in [6.07, 6.45) is 4.48. The maximum atomic E-state index is 11.9. The van der Waals surface area contributed by atoms with Crippen LogP contribution in [0.2, 0.25) is 0 Å². The van der Waals surface area contributed by atoms with E-state index in [1.165, 1.54) is 5.69 Å². The molecule has 1 heterocycles. The molecule has 0 radical (unpaired) electrons. The summed E-state index contributed by atoms with van der Waals surface area (Å²) in [6.45, 7) is 9.10. The van der Waals surface area contributed by atoms with Crippen LogP contribution < -0.4 is 10.3 Å². The minimum Gasteiger partial charge on any atom is -0.369 e. The molecule has 0 spiro atoms. The van der Waals surface area contributed by atoms with Crippen LogP contribution >= 0.6 is 0 Å². The highest BCUT2D eigenvalue weighted by Crippen LogP contribution is 2.15. The van der Waals surface area contributed by atoms with Gasteiger partial charge in [0.15, 0.2) is 0 Å². The topological polar surface area (TPSA) is 47.9 Å². The fraction of sp³-hybridized carbons (Fsp3) is 0.579. The number of amides is 1. The molecule has 1 aliphatic rings. The molecule has 1 N–H and O–H groups in total. The zero-order valence-corrected chi connectivity index (χ0v) is 14.9. The highest BCUT2D eigenvalue weighted by Gasteiger charge is 2.17. The maximum absolute atomic E-state index is 11.9. The quantitative estimate of drug-likeness (QED) is 0.589. The molecule has 0 aliphatic carbocycles. The normalized spacial score (nSPS) is 16.0. The van der Waals surface area contributed by atoms with Gasteiger partial charge in [0.1, 0.15) is 0 Å². The number of benzene rings is 1. The first-order valence-electron chi connectivity index (χ1n) is 9.07. The highest BCUT2D eigenvalue weighted by atomic mass is 16.2. The van der Waals surface area contributed by atoms with Crippen molar-refractivity contribution in [3.8, 4) is 0 Å². The lowest BCUT2D eigenvalue weighted by Crippen LogP contribution is -2.47. The Morgan fingerprint density at radius 2 is 1.83 bits per heavy atom. The molecule has 5 heteroatoms. The predicted octanol–water partition coefficient (Wildman–Crippen LogP) is 2.74. The second-order valence-corrected chi connectivity index (χ2v) is 6.30. The first-order chi connectivity index (χ1) is 11.7. The first-order valence-corrected chi connectivity index (χ1v) is 9.07. The molecule has 1 saturated heterocycles. The van der Waals surface area contributed by atoms with Crippen molar-refractivity contribution in [3.63, 3.8) is 0 Å². The van der Waals surface area contributed by atoms with Crippen molar-refractivity contribution in [2.45, 2.75) is 33.1 Å². The van der Waals surface area contributed by atoms with Gasteiger partial charge >= 0.3 is 0 Å². The molecule has 24 heavy (non-hydrogen) atoms. The Morgan fingerprint density at radius 3 is 2.46 bits per heavy atom. The molecule has 1 aliphatic heterocycles. The fourth-order valence-electron chi connectivity index (χ4n) is 2.90. The van der Waals surface area contributed by atoms with E-state index in [2.05, 4.69) is 58.4 Å². The summed E-state index contributed by atoms with van der Waals surface area (Å²) in [5, 5.41) is 4.08. The minimum atomic E-state index is 0.00250. The van der Waals surface area contributed by atoms with Crippen LogP contribution in [0.15, 0.2) is 35.4 Å². The number of carbonyl (C=O) groups is 1. The number of hydrogen-bond acceptors (Lipinski definition) is 4. The highest BCUT2D eigenvalue weighted by molar-refractivity contribution is 5.77. The van der Waals surface area contributed by atoms with E-state index in [1.807, 2.05) is 12.3 Å². The molecule has 5 nitrogen and oxygen atoms in total. The van der Waals surface area contributed by atoms with Gasteiger partial charge in [0.05, 0.1) is 0 Å². The van der Waals surface area contributed by atoms with E-state index in [-0.39, 0.29) is 5.91 Å². The Balaban J connectivity index is 1.64. The Labute approximate surface area is 145 Å². The number of para-hydroxylation sites is 1. The predicted molar refractivity (Wildman–Crippen MR) is 100 cm³/mol. The summed E-state index contributed by atoms with van der Waals surface area (Å²) in [5.74, 6) is 0.457. The summed E-state index contributed by atoms with van der Waals surface area (Å²) in [5.41, 5.74) is 3.93. The molecule has 132 valence electrons. The second kappa shape index (κ2) is 10.1. The van der Waals surface area contributed by atoms with Gasteiger partial charge in [0.25, 0.3) is 0 Å². The van der Waals surface area contributed by atoms with Crippen LogP contribution in [0.1, 0.15) is 33.1 Å². The summed E-state index contributed by atoms with van der Waals surface area (Å²) in [6, 6.07) is 10.5. The Bertz CT molecular complexity index is 505. The lowest BCUT2D eigenvalue weighted by molar-refractivity contribution is -0.121. The van der Waals surface area contributed by atoms with Gasteiger partial charge in [-0.2, -0.15) is 5.10 Å². The van der Waals surface area contributed by atoms with Crippen LogP contribution in [0.4, 0.5) is 5.69 Å². The van der Waals surface area contributed by atoms with Crippen molar-refractivity contribution in [1.29, 1.82) is 0 Å². The molecular formula is C19H30N4O. The molecule has 2 rings (SSSR count). The molecule has 1 amide bonds. The van der Waals surface area contributed by atoms with Crippen LogP contribution in [0, 0.1) is 5.92 Å². The van der Waals surface area contributed by atoms with Crippen LogP contribution in [0.5, 0.6) is 0 Å². The molecule has 0 saturated carbocycles. The van der Waals surface area contributed by atoms with Crippen molar-refractivity contribution >= 4 is 17.8 Å². The number of carbonyl (C=O) groups excluding carboxylic acids is 1. The molecule has 0 atom stereocenters. The number of piperazine rings is 1. The molecule has 1 aromatic carbocycles. The van der Waals surface area contributed by atoms with Gasteiger partial charge in [0.2, 0.25) is 5.91 Å². The molecule has 0 bridgehead atoms. The van der Waals surface area contributed by atoms with E-state index < -0.39 is 0 Å². The van der Waals surface area contributed by atoms with Crippen LogP contribution in [0.25, 0.3) is 0 Å². The monoisotopic (exact) mass is 330 g/mol. The summed E-state index contributed by atoms with van der Waals surface area (Å²) in [4.78, 5) is 16.6. The van der Waals surface area contributed by atoms with Gasteiger partial charge in [0, 0.05) is 51.0 Å². The van der Waals surface area contributed by atoms with Gasteiger partial charge in [-0.25, -0.2) is 5.43 Å². The van der Waals surface area contributed by atoms with Gasteiger partial charge in [-0.1, -0.05) is 32.0 Å². The third-order valence-corrected chi connectivity index (χ3v) is 4.67. The molecule has 1 aromatic rings. The number of anilines is 1. The van der Waals surface area contributed by atoms with E-state index in [9.17, 15) is 4.79 Å². The van der Waals surface area contributed by atoms with Crippen molar-refractivity contribution < 1.29 is 4.79 Å².